The molecule has 6 heteroatoms. The van der Waals surface area contributed by atoms with Crippen molar-refractivity contribution in [3.63, 3.8) is 0 Å². The Morgan fingerprint density at radius 1 is 1.54 bits per heavy atom. The second kappa shape index (κ2) is 3.89. The number of hydrogen-bond donors (Lipinski definition) is 2. The summed E-state index contributed by atoms with van der Waals surface area (Å²) in [7, 11) is -0.364. The van der Waals surface area contributed by atoms with Crippen LogP contribution in [0.2, 0.25) is 0 Å². The third-order valence-corrected chi connectivity index (χ3v) is 1.55. The summed E-state index contributed by atoms with van der Waals surface area (Å²) in [6, 6.07) is 1.79. The van der Waals surface area contributed by atoms with E-state index in [9.17, 15) is 0 Å². The highest BCUT2D eigenvalue weighted by atomic mass is 16.5. The molecular weight excluding hydrogens is 171 g/mol. The van der Waals surface area contributed by atoms with E-state index in [2.05, 4.69) is 4.98 Å². The number of ether oxygens (including phenoxy) is 1. The van der Waals surface area contributed by atoms with Crippen molar-refractivity contribution in [2.45, 2.75) is 0 Å². The van der Waals surface area contributed by atoms with Gasteiger partial charge in [-0.1, -0.05) is 0 Å². The third-order valence-electron chi connectivity index (χ3n) is 1.55. The lowest BCUT2D eigenvalue weighted by Gasteiger charge is -2.07. The average Bonchev–Trinajstić information content (AvgIpc) is 2.16. The molecule has 0 aliphatic carbocycles. The average molecular weight is 178 g/mol. The molecule has 0 amide bonds. The van der Waals surface area contributed by atoms with Crippen LogP contribution in [0.15, 0.2) is 12.4 Å². The van der Waals surface area contributed by atoms with Gasteiger partial charge in [0.15, 0.2) is 0 Å². The first-order valence-corrected chi connectivity index (χ1v) is 3.48. The Morgan fingerprint density at radius 2 is 2.23 bits per heavy atom. The van der Waals surface area contributed by atoms with Crippen LogP contribution in [0.1, 0.15) is 5.56 Å². The van der Waals surface area contributed by atoms with Crippen LogP contribution in [0, 0.1) is 11.3 Å². The maximum absolute atomic E-state index is 8.94. The van der Waals surface area contributed by atoms with Crippen LogP contribution in [-0.2, 0) is 0 Å². The van der Waals surface area contributed by atoms with Gasteiger partial charge in [-0.05, 0) is 0 Å². The van der Waals surface area contributed by atoms with E-state index in [0.29, 0.717) is 0 Å². The molecule has 0 radical (unpaired) electrons. The number of hydrogen-bond acceptors (Lipinski definition) is 5. The first-order chi connectivity index (χ1) is 6.20. The van der Waals surface area contributed by atoms with Gasteiger partial charge in [-0.15, -0.1) is 0 Å². The lowest BCUT2D eigenvalue weighted by Crippen LogP contribution is -2.33. The zero-order valence-electron chi connectivity index (χ0n) is 6.93. The van der Waals surface area contributed by atoms with Crippen molar-refractivity contribution in [2.24, 2.45) is 0 Å². The largest absolute Gasteiger partial charge is 0.495 e. The Labute approximate surface area is 75.4 Å². The molecule has 2 N–H and O–H groups in total. The van der Waals surface area contributed by atoms with Gasteiger partial charge in [-0.25, -0.2) is 0 Å². The van der Waals surface area contributed by atoms with E-state index >= 15 is 0 Å². The molecule has 0 aromatic carbocycles. The van der Waals surface area contributed by atoms with Gasteiger partial charge < -0.3 is 14.8 Å². The molecule has 0 fully saturated rings. The molecule has 0 saturated heterocycles. The molecule has 0 atom stereocenters. The number of aromatic nitrogens is 1. The van der Waals surface area contributed by atoms with Crippen LogP contribution in [0.5, 0.6) is 5.75 Å². The van der Waals surface area contributed by atoms with Gasteiger partial charge in [0, 0.05) is 11.7 Å². The Morgan fingerprint density at radius 3 is 2.69 bits per heavy atom. The van der Waals surface area contributed by atoms with E-state index in [1.807, 2.05) is 0 Å². The summed E-state index contributed by atoms with van der Waals surface area (Å²) in [4.78, 5) is 3.70. The van der Waals surface area contributed by atoms with Crippen molar-refractivity contribution in [1.82, 2.24) is 4.98 Å². The Hall–Kier alpha value is -1.58. The maximum atomic E-state index is 8.94. The van der Waals surface area contributed by atoms with Crippen LogP contribution >= 0.6 is 0 Å². The third kappa shape index (κ3) is 1.77. The minimum Gasteiger partial charge on any atom is -0.495 e. The van der Waals surface area contributed by atoms with Gasteiger partial charge in [-0.2, -0.15) is 5.26 Å². The monoisotopic (exact) mass is 178 g/mol. The molecule has 0 saturated carbocycles. The number of nitriles is 1. The Bertz CT molecular complexity index is 348. The molecule has 0 aliphatic heterocycles. The highest BCUT2D eigenvalue weighted by molar-refractivity contribution is 6.60. The SMILES string of the molecule is COc1cncc(C#N)c1B(O)O. The smallest absolute Gasteiger partial charge is 0.493 e. The van der Waals surface area contributed by atoms with Gasteiger partial charge >= 0.3 is 7.12 Å². The quantitative estimate of drug-likeness (QED) is 0.546. The van der Waals surface area contributed by atoms with E-state index in [-0.39, 0.29) is 16.8 Å². The van der Waals surface area contributed by atoms with E-state index in [1.54, 1.807) is 6.07 Å². The first kappa shape index (κ1) is 9.51. The minimum absolute atomic E-state index is 0.0417. The zero-order chi connectivity index (χ0) is 9.84. The fraction of sp³-hybridized carbons (Fsp3) is 0.143. The minimum atomic E-state index is -1.73. The molecule has 5 nitrogen and oxygen atoms in total. The molecule has 1 aromatic rings. The first-order valence-electron chi connectivity index (χ1n) is 3.48. The molecule has 1 rings (SSSR count). The summed E-state index contributed by atoms with van der Waals surface area (Å²) < 4.78 is 4.82. The summed E-state index contributed by atoms with van der Waals surface area (Å²) in [5.74, 6) is 0.189. The van der Waals surface area contributed by atoms with Crippen LogP contribution in [0.25, 0.3) is 0 Å². The van der Waals surface area contributed by atoms with Gasteiger partial charge in [0.25, 0.3) is 0 Å². The molecule has 0 spiro atoms. The molecular formula is C7H7BN2O3. The molecule has 0 aliphatic rings. The van der Waals surface area contributed by atoms with Crippen molar-refractivity contribution in [2.75, 3.05) is 7.11 Å². The van der Waals surface area contributed by atoms with Crippen molar-refractivity contribution >= 4 is 12.6 Å². The number of methoxy groups -OCH3 is 1. The van der Waals surface area contributed by atoms with E-state index in [0.717, 1.165) is 0 Å². The summed E-state index contributed by atoms with van der Waals surface area (Å²) in [5.41, 5.74) is 0.134. The maximum Gasteiger partial charge on any atom is 0.493 e. The lowest BCUT2D eigenvalue weighted by molar-refractivity contribution is 0.401. The van der Waals surface area contributed by atoms with Crippen LogP contribution in [0.4, 0.5) is 0 Å². The summed E-state index contributed by atoms with van der Waals surface area (Å²) in [6.45, 7) is 0. The molecule has 1 aromatic heterocycles. The van der Waals surface area contributed by atoms with Gasteiger partial charge in [0.2, 0.25) is 0 Å². The predicted molar refractivity (Wildman–Crippen MR) is 45.3 cm³/mol. The standard InChI is InChI=1S/C7H7BN2O3/c1-13-6-4-10-3-5(2-9)7(6)8(11)12/h3-4,11-12H,1H3. The second-order valence-electron chi connectivity index (χ2n) is 2.29. The highest BCUT2D eigenvalue weighted by Gasteiger charge is 2.21. The Balaban J connectivity index is 3.32. The summed E-state index contributed by atoms with van der Waals surface area (Å²) >= 11 is 0. The highest BCUT2D eigenvalue weighted by Crippen LogP contribution is 2.07. The fourth-order valence-electron chi connectivity index (χ4n) is 0.969. The topological polar surface area (TPSA) is 86.4 Å². The zero-order valence-corrected chi connectivity index (χ0v) is 6.93. The molecule has 0 bridgehead atoms. The van der Waals surface area contributed by atoms with E-state index in [1.165, 1.54) is 19.5 Å². The van der Waals surface area contributed by atoms with Gasteiger partial charge in [0.05, 0.1) is 18.9 Å². The summed E-state index contributed by atoms with van der Waals surface area (Å²) in [6.07, 6.45) is 2.56. The van der Waals surface area contributed by atoms with Crippen LogP contribution < -0.4 is 10.2 Å². The van der Waals surface area contributed by atoms with Crippen molar-refractivity contribution in [3.8, 4) is 11.8 Å². The van der Waals surface area contributed by atoms with Gasteiger partial charge in [-0.3, -0.25) is 4.98 Å². The molecule has 0 unspecified atom stereocenters. The number of rotatable bonds is 2. The van der Waals surface area contributed by atoms with Crippen molar-refractivity contribution < 1.29 is 14.8 Å². The second-order valence-corrected chi connectivity index (χ2v) is 2.29. The lowest BCUT2D eigenvalue weighted by atomic mass is 9.77. The normalized spacial score (nSPS) is 9.08. The molecule has 1 heterocycles. The molecule has 13 heavy (non-hydrogen) atoms. The Kier molecular flexibility index (Phi) is 2.85. The van der Waals surface area contributed by atoms with Gasteiger partial charge in [0.1, 0.15) is 11.8 Å². The molecule has 66 valence electrons. The predicted octanol–water partition coefficient (Wildman–Crippen LogP) is -1.36. The summed E-state index contributed by atoms with van der Waals surface area (Å²) in [5, 5.41) is 26.5. The number of pyridine rings is 1. The van der Waals surface area contributed by atoms with E-state index in [4.69, 9.17) is 20.0 Å². The van der Waals surface area contributed by atoms with E-state index < -0.39 is 7.12 Å². The fourth-order valence-corrected chi connectivity index (χ4v) is 0.969. The van der Waals surface area contributed by atoms with Crippen molar-refractivity contribution in [3.05, 3.63) is 18.0 Å². The van der Waals surface area contributed by atoms with Crippen LogP contribution in [-0.4, -0.2) is 29.3 Å². The number of nitrogens with zero attached hydrogens (tertiary/aromatic N) is 2. The van der Waals surface area contributed by atoms with Crippen molar-refractivity contribution in [1.29, 1.82) is 5.26 Å². The van der Waals surface area contributed by atoms with Crippen LogP contribution in [0.3, 0.4) is 0 Å².